The first kappa shape index (κ1) is 13.1. The molecule has 0 unspecified atom stereocenters. The maximum atomic E-state index is 5.67. The zero-order valence-electron chi connectivity index (χ0n) is 10.8. The third-order valence-corrected chi connectivity index (χ3v) is 3.65. The first-order chi connectivity index (χ1) is 8.79. The highest BCUT2D eigenvalue weighted by Gasteiger charge is 2.02. The predicted molar refractivity (Wildman–Crippen MR) is 75.3 cm³/mol. The van der Waals surface area contributed by atoms with Crippen molar-refractivity contribution in [3.8, 4) is 5.88 Å². The molecule has 96 valence electrons. The first-order valence-electron chi connectivity index (χ1n) is 6.06. The zero-order valence-corrected chi connectivity index (χ0v) is 11.6. The topological polar surface area (TPSA) is 34.1 Å². The molecule has 4 heteroatoms. The Balaban J connectivity index is 1.88. The van der Waals surface area contributed by atoms with Gasteiger partial charge in [0.2, 0.25) is 5.88 Å². The second-order valence-electron chi connectivity index (χ2n) is 4.10. The molecule has 0 amide bonds. The molecule has 0 radical (unpaired) electrons. The smallest absolute Gasteiger partial charge is 0.213 e. The van der Waals surface area contributed by atoms with E-state index in [9.17, 15) is 0 Å². The number of aromatic nitrogens is 1. The number of hydrogen-bond acceptors (Lipinski definition) is 4. The van der Waals surface area contributed by atoms with E-state index in [0.29, 0.717) is 12.5 Å². The van der Waals surface area contributed by atoms with Crippen molar-refractivity contribution in [2.75, 3.05) is 13.7 Å². The minimum Gasteiger partial charge on any atom is -0.477 e. The van der Waals surface area contributed by atoms with Crippen LogP contribution >= 0.6 is 11.3 Å². The van der Waals surface area contributed by atoms with Crippen molar-refractivity contribution < 1.29 is 4.74 Å². The van der Waals surface area contributed by atoms with E-state index in [1.807, 2.05) is 20.0 Å². The van der Waals surface area contributed by atoms with E-state index < -0.39 is 0 Å². The van der Waals surface area contributed by atoms with Crippen LogP contribution in [0, 0.1) is 6.92 Å². The molecule has 0 aromatic carbocycles. The minimum absolute atomic E-state index is 0.679. The van der Waals surface area contributed by atoms with Gasteiger partial charge in [0.05, 0.1) is 6.61 Å². The molecule has 0 aliphatic rings. The van der Waals surface area contributed by atoms with Gasteiger partial charge in [-0.25, -0.2) is 4.98 Å². The van der Waals surface area contributed by atoms with Crippen LogP contribution in [0.25, 0.3) is 0 Å². The van der Waals surface area contributed by atoms with E-state index in [0.717, 1.165) is 18.7 Å². The fourth-order valence-electron chi connectivity index (χ4n) is 1.74. The SMILES string of the molecule is CNCc1ccc(OCCc2cccs2)nc1C. The van der Waals surface area contributed by atoms with Crippen LogP contribution in [-0.4, -0.2) is 18.6 Å². The maximum Gasteiger partial charge on any atom is 0.213 e. The Morgan fingerprint density at radius 1 is 1.33 bits per heavy atom. The number of pyridine rings is 1. The van der Waals surface area contributed by atoms with E-state index in [1.165, 1.54) is 10.4 Å². The fourth-order valence-corrected chi connectivity index (χ4v) is 2.43. The summed E-state index contributed by atoms with van der Waals surface area (Å²) in [5.74, 6) is 0.712. The molecule has 0 spiro atoms. The highest BCUT2D eigenvalue weighted by atomic mass is 32.1. The number of hydrogen-bond donors (Lipinski definition) is 1. The number of aryl methyl sites for hydroxylation is 1. The van der Waals surface area contributed by atoms with Gasteiger partial charge in [0.25, 0.3) is 0 Å². The van der Waals surface area contributed by atoms with Crippen molar-refractivity contribution in [2.45, 2.75) is 19.9 Å². The summed E-state index contributed by atoms with van der Waals surface area (Å²) in [5.41, 5.74) is 2.24. The summed E-state index contributed by atoms with van der Waals surface area (Å²) in [6.45, 7) is 3.53. The Morgan fingerprint density at radius 3 is 2.89 bits per heavy atom. The molecule has 2 aromatic rings. The van der Waals surface area contributed by atoms with Crippen molar-refractivity contribution in [1.82, 2.24) is 10.3 Å². The van der Waals surface area contributed by atoms with Crippen molar-refractivity contribution >= 4 is 11.3 Å². The molecular weight excluding hydrogens is 244 g/mol. The molecule has 2 heterocycles. The Labute approximate surface area is 112 Å². The standard InChI is InChI=1S/C14H18N2OS/c1-11-12(10-15-2)5-6-14(16-11)17-8-7-13-4-3-9-18-13/h3-6,9,15H,7-8,10H2,1-2H3. The molecule has 2 aromatic heterocycles. The zero-order chi connectivity index (χ0) is 12.8. The molecule has 0 aliphatic heterocycles. The molecule has 0 bridgehead atoms. The van der Waals surface area contributed by atoms with Gasteiger partial charge in [-0.1, -0.05) is 12.1 Å². The van der Waals surface area contributed by atoms with Crippen LogP contribution in [0.2, 0.25) is 0 Å². The van der Waals surface area contributed by atoms with E-state index in [1.54, 1.807) is 11.3 Å². The number of nitrogens with zero attached hydrogens (tertiary/aromatic N) is 1. The van der Waals surface area contributed by atoms with Crippen LogP contribution in [0.1, 0.15) is 16.1 Å². The lowest BCUT2D eigenvalue weighted by Crippen LogP contribution is -2.08. The van der Waals surface area contributed by atoms with Gasteiger partial charge < -0.3 is 10.1 Å². The summed E-state index contributed by atoms with van der Waals surface area (Å²) in [6, 6.07) is 8.20. The molecule has 18 heavy (non-hydrogen) atoms. The molecule has 0 saturated carbocycles. The quantitative estimate of drug-likeness (QED) is 0.869. The Bertz CT molecular complexity index is 483. The van der Waals surface area contributed by atoms with E-state index >= 15 is 0 Å². The highest BCUT2D eigenvalue weighted by Crippen LogP contribution is 2.14. The van der Waals surface area contributed by atoms with Crippen LogP contribution in [0.3, 0.4) is 0 Å². The Hall–Kier alpha value is -1.39. The van der Waals surface area contributed by atoms with Gasteiger partial charge in [-0.05, 0) is 31.0 Å². The van der Waals surface area contributed by atoms with Gasteiger partial charge in [0.15, 0.2) is 0 Å². The summed E-state index contributed by atoms with van der Waals surface area (Å²) >= 11 is 1.76. The molecule has 0 fully saturated rings. The molecule has 1 N–H and O–H groups in total. The van der Waals surface area contributed by atoms with Gasteiger partial charge in [-0.3, -0.25) is 0 Å². The lowest BCUT2D eigenvalue weighted by atomic mass is 10.2. The predicted octanol–water partition coefficient (Wildman–Crippen LogP) is 2.79. The highest BCUT2D eigenvalue weighted by molar-refractivity contribution is 7.09. The van der Waals surface area contributed by atoms with Gasteiger partial charge in [0.1, 0.15) is 0 Å². The van der Waals surface area contributed by atoms with Crippen LogP contribution in [0.4, 0.5) is 0 Å². The summed E-state index contributed by atoms with van der Waals surface area (Å²) in [7, 11) is 1.94. The average Bonchev–Trinajstić information content (AvgIpc) is 2.86. The van der Waals surface area contributed by atoms with Crippen molar-refractivity contribution in [2.24, 2.45) is 0 Å². The summed E-state index contributed by atoms with van der Waals surface area (Å²) in [5, 5.41) is 5.21. The third-order valence-electron chi connectivity index (χ3n) is 2.72. The van der Waals surface area contributed by atoms with E-state index in [2.05, 4.69) is 33.9 Å². The lowest BCUT2D eigenvalue weighted by Gasteiger charge is -2.08. The number of nitrogens with one attached hydrogen (secondary N) is 1. The number of thiophene rings is 1. The molecule has 0 saturated heterocycles. The van der Waals surface area contributed by atoms with Gasteiger partial charge in [0, 0.05) is 29.6 Å². The van der Waals surface area contributed by atoms with E-state index in [-0.39, 0.29) is 0 Å². The number of rotatable bonds is 6. The molecule has 0 atom stereocenters. The Kier molecular flexibility index (Phi) is 4.73. The van der Waals surface area contributed by atoms with Crippen molar-refractivity contribution in [3.05, 3.63) is 45.8 Å². The summed E-state index contributed by atoms with van der Waals surface area (Å²) < 4.78 is 5.67. The lowest BCUT2D eigenvalue weighted by molar-refractivity contribution is 0.309. The summed E-state index contributed by atoms with van der Waals surface area (Å²) in [6.07, 6.45) is 0.941. The largest absolute Gasteiger partial charge is 0.477 e. The monoisotopic (exact) mass is 262 g/mol. The second kappa shape index (κ2) is 6.52. The van der Waals surface area contributed by atoms with Crippen LogP contribution in [0.5, 0.6) is 5.88 Å². The number of ether oxygens (including phenoxy) is 1. The second-order valence-corrected chi connectivity index (χ2v) is 5.13. The van der Waals surface area contributed by atoms with Crippen LogP contribution < -0.4 is 10.1 Å². The van der Waals surface area contributed by atoms with Gasteiger partial charge in [-0.2, -0.15) is 0 Å². The normalized spacial score (nSPS) is 10.6. The van der Waals surface area contributed by atoms with Crippen LogP contribution in [-0.2, 0) is 13.0 Å². The van der Waals surface area contributed by atoms with Gasteiger partial charge >= 0.3 is 0 Å². The first-order valence-corrected chi connectivity index (χ1v) is 6.94. The summed E-state index contributed by atoms with van der Waals surface area (Å²) in [4.78, 5) is 5.80. The fraction of sp³-hybridized carbons (Fsp3) is 0.357. The third kappa shape index (κ3) is 3.55. The Morgan fingerprint density at radius 2 is 2.22 bits per heavy atom. The van der Waals surface area contributed by atoms with Crippen LogP contribution in [0.15, 0.2) is 29.6 Å². The maximum absolute atomic E-state index is 5.67. The van der Waals surface area contributed by atoms with Crippen molar-refractivity contribution in [1.29, 1.82) is 0 Å². The minimum atomic E-state index is 0.679. The van der Waals surface area contributed by atoms with Gasteiger partial charge in [-0.15, -0.1) is 11.3 Å². The molecule has 3 nitrogen and oxygen atoms in total. The van der Waals surface area contributed by atoms with E-state index in [4.69, 9.17) is 4.74 Å². The molecule has 2 rings (SSSR count). The molecule has 0 aliphatic carbocycles. The average molecular weight is 262 g/mol. The van der Waals surface area contributed by atoms with Crippen molar-refractivity contribution in [3.63, 3.8) is 0 Å². The molecular formula is C14H18N2OS.